The molecule has 1 aliphatic heterocycles. The van der Waals surface area contributed by atoms with Gasteiger partial charge in [0.2, 0.25) is 5.91 Å². The molecule has 19 heavy (non-hydrogen) atoms. The number of amides is 1. The predicted molar refractivity (Wildman–Crippen MR) is 72.9 cm³/mol. The van der Waals surface area contributed by atoms with E-state index in [0.717, 1.165) is 44.0 Å². The van der Waals surface area contributed by atoms with Gasteiger partial charge in [0.05, 0.1) is 12.0 Å². The number of hydrogen-bond acceptors (Lipinski definition) is 3. The lowest BCUT2D eigenvalue weighted by Gasteiger charge is -2.21. The number of carbonyl (C=O) groups is 1. The van der Waals surface area contributed by atoms with Crippen molar-refractivity contribution < 1.29 is 9.53 Å². The number of nitrogens with zero attached hydrogens (tertiary/aromatic N) is 2. The van der Waals surface area contributed by atoms with Crippen LogP contribution in [-0.2, 0) is 16.1 Å². The molecule has 106 valence electrons. The second-order valence-corrected chi connectivity index (χ2v) is 5.25. The van der Waals surface area contributed by atoms with Gasteiger partial charge in [0.25, 0.3) is 0 Å². The van der Waals surface area contributed by atoms with E-state index in [9.17, 15) is 4.79 Å². The highest BCUT2D eigenvalue weighted by molar-refractivity contribution is 5.76. The molecule has 1 N–H and O–H groups in total. The Labute approximate surface area is 114 Å². The fourth-order valence-corrected chi connectivity index (χ4v) is 2.39. The Morgan fingerprint density at radius 2 is 2.42 bits per heavy atom. The Bertz CT molecular complexity index is 422. The number of nitrogens with one attached hydrogen (secondary N) is 1. The zero-order valence-electron chi connectivity index (χ0n) is 11.8. The van der Waals surface area contributed by atoms with E-state index in [-0.39, 0.29) is 5.91 Å². The molecule has 2 heterocycles. The van der Waals surface area contributed by atoms with E-state index in [1.54, 1.807) is 0 Å². The van der Waals surface area contributed by atoms with Gasteiger partial charge in [0, 0.05) is 38.4 Å². The maximum Gasteiger partial charge on any atom is 0.220 e. The van der Waals surface area contributed by atoms with Gasteiger partial charge in [0.1, 0.15) is 0 Å². The van der Waals surface area contributed by atoms with Crippen LogP contribution >= 0.6 is 0 Å². The minimum Gasteiger partial charge on any atom is -0.381 e. The molecule has 0 radical (unpaired) electrons. The summed E-state index contributed by atoms with van der Waals surface area (Å²) in [6.45, 7) is 7.05. The molecule has 1 aromatic heterocycles. The van der Waals surface area contributed by atoms with Crippen LogP contribution in [0, 0.1) is 19.8 Å². The first kappa shape index (κ1) is 14.1. The molecule has 1 fully saturated rings. The van der Waals surface area contributed by atoms with E-state index < -0.39 is 0 Å². The van der Waals surface area contributed by atoms with Gasteiger partial charge < -0.3 is 14.6 Å². The van der Waals surface area contributed by atoms with Crippen LogP contribution in [0.5, 0.6) is 0 Å². The second-order valence-electron chi connectivity index (χ2n) is 5.25. The maximum absolute atomic E-state index is 11.8. The molecule has 1 aromatic rings. The highest BCUT2D eigenvalue weighted by Crippen LogP contribution is 2.16. The summed E-state index contributed by atoms with van der Waals surface area (Å²) in [6.07, 6.45) is 4.59. The first-order valence-corrected chi connectivity index (χ1v) is 6.99. The van der Waals surface area contributed by atoms with Crippen molar-refractivity contribution in [1.29, 1.82) is 0 Å². The van der Waals surface area contributed by atoms with E-state index in [4.69, 9.17) is 4.74 Å². The Balaban J connectivity index is 1.67. The van der Waals surface area contributed by atoms with E-state index >= 15 is 0 Å². The summed E-state index contributed by atoms with van der Waals surface area (Å²) in [5.41, 5.74) is 2.21. The van der Waals surface area contributed by atoms with Crippen molar-refractivity contribution in [1.82, 2.24) is 14.9 Å². The number of carbonyl (C=O) groups excluding carboxylic acids is 1. The molecule has 0 spiro atoms. The Hall–Kier alpha value is -1.36. The van der Waals surface area contributed by atoms with E-state index in [2.05, 4.69) is 14.9 Å². The molecule has 0 aromatic carbocycles. The molecular formula is C14H23N3O2. The highest BCUT2D eigenvalue weighted by Gasteiger charge is 2.17. The van der Waals surface area contributed by atoms with Crippen molar-refractivity contribution in [2.24, 2.45) is 5.92 Å². The molecule has 2 rings (SSSR count). The number of aromatic nitrogens is 2. The fraction of sp³-hybridized carbons (Fsp3) is 0.714. The van der Waals surface area contributed by atoms with Gasteiger partial charge in [-0.1, -0.05) is 0 Å². The summed E-state index contributed by atoms with van der Waals surface area (Å²) in [5.74, 6) is 0.524. The normalized spacial score (nSPS) is 19.4. The number of aryl methyl sites for hydroxylation is 1. The second kappa shape index (κ2) is 6.70. The number of rotatable bonds is 5. The van der Waals surface area contributed by atoms with Crippen LogP contribution in [-0.4, -0.2) is 35.2 Å². The average molecular weight is 265 g/mol. The lowest BCUT2D eigenvalue weighted by molar-refractivity contribution is -0.123. The molecule has 5 heteroatoms. The summed E-state index contributed by atoms with van der Waals surface area (Å²) in [7, 11) is 0. The van der Waals surface area contributed by atoms with Crippen LogP contribution in [0.2, 0.25) is 0 Å². The van der Waals surface area contributed by atoms with Crippen molar-refractivity contribution in [3.05, 3.63) is 17.7 Å². The standard InChI is InChI=1S/C14H23N3O2/c1-11-12(2)17(10-16-11)6-5-15-14(18)8-13-4-3-7-19-9-13/h10,13H,3-9H2,1-2H3,(H,15,18)/t13-/m0/s1. The molecule has 0 bridgehead atoms. The Morgan fingerprint density at radius 1 is 1.58 bits per heavy atom. The molecule has 1 saturated heterocycles. The van der Waals surface area contributed by atoms with E-state index in [1.807, 2.05) is 20.2 Å². The summed E-state index contributed by atoms with van der Waals surface area (Å²) < 4.78 is 7.45. The molecule has 1 aliphatic rings. The van der Waals surface area contributed by atoms with E-state index in [0.29, 0.717) is 18.9 Å². The zero-order chi connectivity index (χ0) is 13.7. The highest BCUT2D eigenvalue weighted by atomic mass is 16.5. The third kappa shape index (κ3) is 4.06. The summed E-state index contributed by atoms with van der Waals surface area (Å²) >= 11 is 0. The smallest absolute Gasteiger partial charge is 0.220 e. The Kier molecular flexibility index (Phi) is 4.96. The lowest BCUT2D eigenvalue weighted by atomic mass is 9.98. The average Bonchev–Trinajstić information content (AvgIpc) is 2.72. The van der Waals surface area contributed by atoms with Crippen molar-refractivity contribution in [3.63, 3.8) is 0 Å². The van der Waals surface area contributed by atoms with Crippen LogP contribution in [0.4, 0.5) is 0 Å². The van der Waals surface area contributed by atoms with Gasteiger partial charge in [-0.3, -0.25) is 4.79 Å². The quantitative estimate of drug-likeness (QED) is 0.876. The SMILES string of the molecule is Cc1ncn(CCNC(=O)C[C@@H]2CCCOC2)c1C. The molecule has 5 nitrogen and oxygen atoms in total. The fourth-order valence-electron chi connectivity index (χ4n) is 2.39. The van der Waals surface area contributed by atoms with Crippen molar-refractivity contribution in [2.75, 3.05) is 19.8 Å². The summed E-state index contributed by atoms with van der Waals surface area (Å²) in [4.78, 5) is 16.0. The van der Waals surface area contributed by atoms with E-state index in [1.165, 1.54) is 0 Å². The summed E-state index contributed by atoms with van der Waals surface area (Å²) in [6, 6.07) is 0. The van der Waals surface area contributed by atoms with Crippen molar-refractivity contribution in [3.8, 4) is 0 Å². The monoisotopic (exact) mass is 265 g/mol. The maximum atomic E-state index is 11.8. The topological polar surface area (TPSA) is 56.2 Å². The van der Waals surface area contributed by atoms with Gasteiger partial charge in [0.15, 0.2) is 0 Å². The molecule has 0 aliphatic carbocycles. The van der Waals surface area contributed by atoms with Crippen LogP contribution < -0.4 is 5.32 Å². The van der Waals surface area contributed by atoms with Gasteiger partial charge in [-0.05, 0) is 32.6 Å². The molecule has 0 unspecified atom stereocenters. The minimum absolute atomic E-state index is 0.130. The zero-order valence-corrected chi connectivity index (χ0v) is 11.8. The van der Waals surface area contributed by atoms with Gasteiger partial charge in [-0.15, -0.1) is 0 Å². The molecule has 1 atom stereocenters. The number of imidazole rings is 1. The van der Waals surface area contributed by atoms with Gasteiger partial charge in [-0.2, -0.15) is 0 Å². The van der Waals surface area contributed by atoms with Crippen molar-refractivity contribution in [2.45, 2.75) is 39.7 Å². The van der Waals surface area contributed by atoms with Crippen molar-refractivity contribution >= 4 is 5.91 Å². The Morgan fingerprint density at radius 3 is 3.05 bits per heavy atom. The first-order valence-electron chi connectivity index (χ1n) is 6.99. The summed E-state index contributed by atoms with van der Waals surface area (Å²) in [5, 5.41) is 2.97. The molecule has 0 saturated carbocycles. The number of ether oxygens (including phenoxy) is 1. The largest absolute Gasteiger partial charge is 0.381 e. The predicted octanol–water partition coefficient (Wildman–Crippen LogP) is 1.43. The van der Waals surface area contributed by atoms with Gasteiger partial charge in [-0.25, -0.2) is 4.98 Å². The molecular weight excluding hydrogens is 242 g/mol. The first-order chi connectivity index (χ1) is 9.16. The van der Waals surface area contributed by atoms with Gasteiger partial charge >= 0.3 is 0 Å². The molecule has 1 amide bonds. The van der Waals surface area contributed by atoms with Crippen LogP contribution in [0.1, 0.15) is 30.7 Å². The minimum atomic E-state index is 0.130. The third-order valence-corrected chi connectivity index (χ3v) is 3.75. The number of hydrogen-bond donors (Lipinski definition) is 1. The van der Waals surface area contributed by atoms with Crippen LogP contribution in [0.25, 0.3) is 0 Å². The third-order valence-electron chi connectivity index (χ3n) is 3.75. The van der Waals surface area contributed by atoms with Crippen LogP contribution in [0.3, 0.4) is 0 Å². The lowest BCUT2D eigenvalue weighted by Crippen LogP contribution is -2.31. The van der Waals surface area contributed by atoms with Crippen LogP contribution in [0.15, 0.2) is 6.33 Å².